The third kappa shape index (κ3) is 4.74. The van der Waals surface area contributed by atoms with Crippen molar-refractivity contribution in [2.75, 3.05) is 25.5 Å². The van der Waals surface area contributed by atoms with Gasteiger partial charge >= 0.3 is 0 Å². The highest BCUT2D eigenvalue weighted by atomic mass is 32.1. The zero-order chi connectivity index (χ0) is 20.1. The molecule has 0 bridgehead atoms. The van der Waals surface area contributed by atoms with Gasteiger partial charge in [0.05, 0.1) is 22.8 Å². The fraction of sp³-hybridized carbons (Fsp3) is 0.286. The molecule has 0 aliphatic heterocycles. The zero-order valence-corrected chi connectivity index (χ0v) is 17.0. The number of anilines is 1. The lowest BCUT2D eigenvalue weighted by molar-refractivity contribution is -0.117. The molecule has 146 valence electrons. The van der Waals surface area contributed by atoms with Crippen LogP contribution < -0.4 is 10.6 Å². The van der Waals surface area contributed by atoms with Gasteiger partial charge in [-0.15, -0.1) is 11.3 Å². The van der Waals surface area contributed by atoms with Gasteiger partial charge in [-0.1, -0.05) is 18.2 Å². The number of rotatable bonds is 7. The molecular weight excluding hydrogens is 372 g/mol. The predicted molar refractivity (Wildman–Crippen MR) is 114 cm³/mol. The van der Waals surface area contributed by atoms with Crippen molar-refractivity contribution >= 4 is 39.1 Å². The molecule has 3 aromatic rings. The molecule has 0 saturated heterocycles. The van der Waals surface area contributed by atoms with Gasteiger partial charge in [0.25, 0.3) is 5.91 Å². The molecule has 1 heterocycles. The van der Waals surface area contributed by atoms with E-state index in [2.05, 4.69) is 21.7 Å². The summed E-state index contributed by atoms with van der Waals surface area (Å²) in [5.74, 6) is -0.288. The third-order valence-electron chi connectivity index (χ3n) is 4.47. The zero-order valence-electron chi connectivity index (χ0n) is 16.2. The first-order valence-electron chi connectivity index (χ1n) is 9.21. The van der Waals surface area contributed by atoms with E-state index in [-0.39, 0.29) is 24.4 Å². The second-order valence-corrected chi connectivity index (χ2v) is 7.66. The lowest BCUT2D eigenvalue weighted by Gasteiger charge is -2.22. The van der Waals surface area contributed by atoms with Gasteiger partial charge in [0.2, 0.25) is 5.91 Å². The maximum absolute atomic E-state index is 12.5. The molecule has 0 aliphatic carbocycles. The van der Waals surface area contributed by atoms with E-state index in [1.165, 1.54) is 0 Å². The van der Waals surface area contributed by atoms with Gasteiger partial charge in [0.1, 0.15) is 5.01 Å². The number of thiazole rings is 1. The molecule has 3 rings (SSSR count). The van der Waals surface area contributed by atoms with Gasteiger partial charge in [-0.2, -0.15) is 0 Å². The van der Waals surface area contributed by atoms with Gasteiger partial charge in [0, 0.05) is 17.8 Å². The summed E-state index contributed by atoms with van der Waals surface area (Å²) in [7, 11) is 1.90. The summed E-state index contributed by atoms with van der Waals surface area (Å²) in [5, 5.41) is 6.60. The first-order valence-corrected chi connectivity index (χ1v) is 10.0. The van der Waals surface area contributed by atoms with Gasteiger partial charge in [-0.25, -0.2) is 4.98 Å². The number of fused-ring (bicyclic) bond motifs is 1. The molecule has 28 heavy (non-hydrogen) atoms. The van der Waals surface area contributed by atoms with E-state index in [4.69, 9.17) is 0 Å². The fourth-order valence-electron chi connectivity index (χ4n) is 2.82. The minimum absolute atomic E-state index is 0.0183. The van der Waals surface area contributed by atoms with Crippen LogP contribution in [-0.4, -0.2) is 41.8 Å². The number of nitrogens with zero attached hydrogens (tertiary/aromatic N) is 2. The largest absolute Gasteiger partial charge is 0.352 e. The van der Waals surface area contributed by atoms with Crippen molar-refractivity contribution in [3.63, 3.8) is 0 Å². The number of nitrogens with one attached hydrogen (secondary N) is 2. The van der Waals surface area contributed by atoms with Crippen LogP contribution in [-0.2, 0) is 4.79 Å². The Morgan fingerprint density at radius 3 is 2.71 bits per heavy atom. The Hall–Kier alpha value is -2.77. The number of amides is 2. The summed E-state index contributed by atoms with van der Waals surface area (Å²) >= 11 is 1.65. The van der Waals surface area contributed by atoms with Crippen LogP contribution in [0.3, 0.4) is 0 Å². The lowest BCUT2D eigenvalue weighted by atomic mass is 10.2. The van der Waals surface area contributed by atoms with E-state index < -0.39 is 0 Å². The maximum Gasteiger partial charge on any atom is 0.251 e. The number of likely N-dealkylation sites (N-methyl/N-ethyl adjacent to an activating group) is 1. The smallest absolute Gasteiger partial charge is 0.251 e. The molecule has 0 saturated carbocycles. The van der Waals surface area contributed by atoms with Crippen molar-refractivity contribution in [2.24, 2.45) is 0 Å². The summed E-state index contributed by atoms with van der Waals surface area (Å²) in [6.07, 6.45) is 0. The van der Waals surface area contributed by atoms with Gasteiger partial charge in [-0.3, -0.25) is 14.5 Å². The molecular formula is C21H24N4O2S. The van der Waals surface area contributed by atoms with Crippen LogP contribution in [0.25, 0.3) is 10.2 Å². The number of hydrogen-bond acceptors (Lipinski definition) is 5. The van der Waals surface area contributed by atoms with Crippen LogP contribution in [0.5, 0.6) is 0 Å². The Kier molecular flexibility index (Phi) is 6.38. The summed E-state index contributed by atoms with van der Waals surface area (Å²) in [6, 6.07) is 15.0. The average Bonchev–Trinajstić information content (AvgIpc) is 3.11. The molecule has 0 unspecified atom stereocenters. The highest BCUT2D eigenvalue weighted by Crippen LogP contribution is 2.28. The molecule has 2 amide bonds. The Labute approximate surface area is 168 Å². The quantitative estimate of drug-likeness (QED) is 0.639. The minimum atomic E-state index is -0.153. The molecule has 6 nitrogen and oxygen atoms in total. The topological polar surface area (TPSA) is 74.3 Å². The minimum Gasteiger partial charge on any atom is -0.352 e. The monoisotopic (exact) mass is 396 g/mol. The lowest BCUT2D eigenvalue weighted by Crippen LogP contribution is -2.32. The van der Waals surface area contributed by atoms with E-state index in [0.717, 1.165) is 15.2 Å². The van der Waals surface area contributed by atoms with Gasteiger partial charge < -0.3 is 10.6 Å². The molecule has 0 fully saturated rings. The summed E-state index contributed by atoms with van der Waals surface area (Å²) in [6.45, 7) is 4.69. The summed E-state index contributed by atoms with van der Waals surface area (Å²) < 4.78 is 1.14. The second kappa shape index (κ2) is 8.95. The van der Waals surface area contributed by atoms with Crippen LogP contribution in [0.2, 0.25) is 0 Å². The van der Waals surface area contributed by atoms with Crippen molar-refractivity contribution in [1.29, 1.82) is 0 Å². The Morgan fingerprint density at radius 2 is 1.96 bits per heavy atom. The van der Waals surface area contributed by atoms with Gasteiger partial charge in [-0.05, 0) is 51.2 Å². The Bertz CT molecular complexity index is 952. The molecule has 2 aromatic carbocycles. The SMILES string of the molecule is CCNC(=O)c1cccc(NC(=O)CN(C)[C@@H](C)c2nc3ccccc3s2)c1. The van der Waals surface area contributed by atoms with E-state index in [0.29, 0.717) is 17.8 Å². The molecule has 0 spiro atoms. The van der Waals surface area contributed by atoms with Crippen molar-refractivity contribution < 1.29 is 9.59 Å². The summed E-state index contributed by atoms with van der Waals surface area (Å²) in [4.78, 5) is 31.0. The standard InChI is InChI=1S/C21H24N4O2S/c1-4-22-20(27)15-8-7-9-16(12-15)23-19(26)13-25(3)14(2)21-24-17-10-5-6-11-18(17)28-21/h5-12,14H,4,13H2,1-3H3,(H,22,27)(H,23,26)/t14-/m0/s1. The molecule has 0 aliphatic rings. The van der Waals surface area contributed by atoms with Crippen LogP contribution >= 0.6 is 11.3 Å². The Balaban J connectivity index is 1.62. The van der Waals surface area contributed by atoms with Crippen molar-refractivity contribution in [3.05, 3.63) is 59.1 Å². The van der Waals surface area contributed by atoms with Crippen LogP contribution in [0.4, 0.5) is 5.69 Å². The van der Waals surface area contributed by atoms with E-state index >= 15 is 0 Å². The normalized spacial score (nSPS) is 12.1. The van der Waals surface area contributed by atoms with Gasteiger partial charge in [0.15, 0.2) is 0 Å². The molecule has 0 radical (unpaired) electrons. The second-order valence-electron chi connectivity index (χ2n) is 6.60. The molecule has 7 heteroatoms. The molecule has 2 N–H and O–H groups in total. The van der Waals surface area contributed by atoms with Crippen molar-refractivity contribution in [2.45, 2.75) is 19.9 Å². The van der Waals surface area contributed by atoms with Crippen LogP contribution in [0, 0.1) is 0 Å². The Morgan fingerprint density at radius 1 is 1.18 bits per heavy atom. The highest BCUT2D eigenvalue weighted by Gasteiger charge is 2.18. The van der Waals surface area contributed by atoms with Crippen LogP contribution in [0.1, 0.15) is 35.3 Å². The fourth-order valence-corrected chi connectivity index (χ4v) is 3.91. The number of carbonyl (C=O) groups excluding carboxylic acids is 2. The molecule has 1 atom stereocenters. The van der Waals surface area contributed by atoms with E-state index in [1.807, 2.05) is 44.0 Å². The highest BCUT2D eigenvalue weighted by molar-refractivity contribution is 7.18. The first kappa shape index (κ1) is 20.0. The van der Waals surface area contributed by atoms with Crippen molar-refractivity contribution in [3.8, 4) is 0 Å². The van der Waals surface area contributed by atoms with E-state index in [9.17, 15) is 9.59 Å². The van der Waals surface area contributed by atoms with E-state index in [1.54, 1.807) is 35.6 Å². The maximum atomic E-state index is 12.5. The number of hydrogen-bond donors (Lipinski definition) is 2. The number of aromatic nitrogens is 1. The number of benzene rings is 2. The number of carbonyl (C=O) groups is 2. The van der Waals surface area contributed by atoms with Crippen molar-refractivity contribution in [1.82, 2.24) is 15.2 Å². The predicted octanol–water partition coefficient (Wildman–Crippen LogP) is 3.68. The average molecular weight is 397 g/mol. The third-order valence-corrected chi connectivity index (χ3v) is 5.67. The summed E-state index contributed by atoms with van der Waals surface area (Å²) in [5.41, 5.74) is 2.11. The first-order chi connectivity index (χ1) is 13.5. The number of para-hydroxylation sites is 1. The van der Waals surface area contributed by atoms with Crippen LogP contribution in [0.15, 0.2) is 48.5 Å². The molecule has 1 aromatic heterocycles.